The first-order valence-corrected chi connectivity index (χ1v) is 9.08. The van der Waals surface area contributed by atoms with E-state index in [4.69, 9.17) is 9.47 Å². The van der Waals surface area contributed by atoms with Crippen molar-refractivity contribution in [3.05, 3.63) is 24.3 Å². The number of benzene rings is 1. The summed E-state index contributed by atoms with van der Waals surface area (Å²) in [6.07, 6.45) is 2.56. The fraction of sp³-hybridized carbons (Fsp3) is 0.579. The van der Waals surface area contributed by atoms with Crippen LogP contribution in [0.25, 0.3) is 0 Å². The molecule has 4 rings (SSSR count). The summed E-state index contributed by atoms with van der Waals surface area (Å²) < 4.78 is 11.1. The molecule has 25 heavy (non-hydrogen) atoms. The van der Waals surface area contributed by atoms with Crippen molar-refractivity contribution >= 4 is 17.5 Å². The van der Waals surface area contributed by atoms with E-state index in [1.807, 2.05) is 29.2 Å². The van der Waals surface area contributed by atoms with Crippen LogP contribution in [0, 0.1) is 5.92 Å². The number of para-hydroxylation sites is 2. The SMILES string of the molecule is C[C@H]1Oc2ccccc2N(CC(=O)N(C[C@@H]2CCOC2)C2CC2)C1=O. The van der Waals surface area contributed by atoms with E-state index >= 15 is 0 Å². The molecule has 0 N–H and O–H groups in total. The van der Waals surface area contributed by atoms with Crippen molar-refractivity contribution in [2.75, 3.05) is 31.2 Å². The van der Waals surface area contributed by atoms with E-state index in [-0.39, 0.29) is 18.4 Å². The topological polar surface area (TPSA) is 59.1 Å². The average Bonchev–Trinajstić information content (AvgIpc) is 3.32. The summed E-state index contributed by atoms with van der Waals surface area (Å²) in [6.45, 7) is 4.05. The quantitative estimate of drug-likeness (QED) is 0.818. The van der Waals surface area contributed by atoms with Gasteiger partial charge >= 0.3 is 0 Å². The zero-order valence-electron chi connectivity index (χ0n) is 14.5. The predicted octanol–water partition coefficient (Wildman–Crippen LogP) is 1.83. The van der Waals surface area contributed by atoms with Crippen LogP contribution in [0.15, 0.2) is 24.3 Å². The Morgan fingerprint density at radius 1 is 1.28 bits per heavy atom. The van der Waals surface area contributed by atoms with Gasteiger partial charge in [-0.3, -0.25) is 14.5 Å². The van der Waals surface area contributed by atoms with Crippen molar-refractivity contribution < 1.29 is 19.1 Å². The number of amides is 2. The van der Waals surface area contributed by atoms with Crippen LogP contribution in [0.1, 0.15) is 26.2 Å². The van der Waals surface area contributed by atoms with Gasteiger partial charge in [-0.25, -0.2) is 0 Å². The van der Waals surface area contributed by atoms with Gasteiger partial charge < -0.3 is 14.4 Å². The molecule has 0 bridgehead atoms. The van der Waals surface area contributed by atoms with E-state index in [1.54, 1.807) is 11.8 Å². The maximum absolute atomic E-state index is 13.0. The molecule has 6 heteroatoms. The second-order valence-corrected chi connectivity index (χ2v) is 7.16. The highest BCUT2D eigenvalue weighted by molar-refractivity contribution is 6.03. The second kappa shape index (κ2) is 6.67. The van der Waals surface area contributed by atoms with Crippen molar-refractivity contribution in [1.29, 1.82) is 0 Å². The Bertz CT molecular complexity index is 667. The Labute approximate surface area is 147 Å². The van der Waals surface area contributed by atoms with Gasteiger partial charge in [0.15, 0.2) is 6.10 Å². The normalized spacial score (nSPS) is 25.5. The standard InChI is InChI=1S/C19H24N2O4/c1-13-19(23)21(16-4-2-3-5-17(16)25-13)11-18(22)20(15-6-7-15)10-14-8-9-24-12-14/h2-5,13-15H,6-12H2,1H3/t13-,14+/m1/s1. The van der Waals surface area contributed by atoms with Crippen molar-refractivity contribution in [2.24, 2.45) is 5.92 Å². The van der Waals surface area contributed by atoms with Crippen LogP contribution in [0.4, 0.5) is 5.69 Å². The summed E-state index contributed by atoms with van der Waals surface area (Å²) in [5.41, 5.74) is 0.680. The first-order chi connectivity index (χ1) is 12.1. The van der Waals surface area contributed by atoms with Crippen LogP contribution in [0.3, 0.4) is 0 Å². The minimum Gasteiger partial charge on any atom is -0.479 e. The van der Waals surface area contributed by atoms with E-state index in [0.29, 0.717) is 23.4 Å². The molecule has 1 saturated heterocycles. The highest BCUT2D eigenvalue weighted by Crippen LogP contribution is 2.34. The maximum Gasteiger partial charge on any atom is 0.268 e. The van der Waals surface area contributed by atoms with Gasteiger partial charge in [-0.1, -0.05) is 12.1 Å². The van der Waals surface area contributed by atoms with Crippen molar-refractivity contribution in [3.63, 3.8) is 0 Å². The number of fused-ring (bicyclic) bond motifs is 1. The molecule has 1 saturated carbocycles. The first kappa shape index (κ1) is 16.4. The Kier molecular flexibility index (Phi) is 4.37. The van der Waals surface area contributed by atoms with E-state index in [2.05, 4.69) is 0 Å². The van der Waals surface area contributed by atoms with Gasteiger partial charge in [0.1, 0.15) is 12.3 Å². The Balaban J connectivity index is 1.51. The Morgan fingerprint density at radius 3 is 2.80 bits per heavy atom. The van der Waals surface area contributed by atoms with Crippen LogP contribution in [0.2, 0.25) is 0 Å². The second-order valence-electron chi connectivity index (χ2n) is 7.16. The van der Waals surface area contributed by atoms with Gasteiger partial charge in [0.25, 0.3) is 5.91 Å². The molecule has 1 aromatic rings. The van der Waals surface area contributed by atoms with E-state index < -0.39 is 6.10 Å². The first-order valence-electron chi connectivity index (χ1n) is 9.08. The molecule has 134 valence electrons. The van der Waals surface area contributed by atoms with E-state index in [1.165, 1.54) is 0 Å². The third-order valence-corrected chi connectivity index (χ3v) is 5.15. The third kappa shape index (κ3) is 3.35. The smallest absolute Gasteiger partial charge is 0.268 e. The lowest BCUT2D eigenvalue weighted by molar-refractivity contribution is -0.134. The Hall–Kier alpha value is -2.08. The lowest BCUT2D eigenvalue weighted by Crippen LogP contribution is -2.50. The number of carbonyl (C=O) groups is 2. The summed E-state index contributed by atoms with van der Waals surface area (Å²) in [5.74, 6) is 0.930. The van der Waals surface area contributed by atoms with Crippen LogP contribution < -0.4 is 9.64 Å². The van der Waals surface area contributed by atoms with E-state index in [0.717, 1.165) is 39.0 Å². The van der Waals surface area contributed by atoms with Gasteiger partial charge in [-0.15, -0.1) is 0 Å². The molecule has 0 radical (unpaired) electrons. The monoisotopic (exact) mass is 344 g/mol. The fourth-order valence-electron chi connectivity index (χ4n) is 3.59. The Morgan fingerprint density at radius 2 is 2.08 bits per heavy atom. The van der Waals surface area contributed by atoms with E-state index in [9.17, 15) is 9.59 Å². The summed E-state index contributed by atoms with van der Waals surface area (Å²) in [7, 11) is 0. The number of rotatable bonds is 5. The van der Waals surface area contributed by atoms with Gasteiger partial charge in [0.2, 0.25) is 5.91 Å². The molecule has 2 amide bonds. The summed E-state index contributed by atoms with van der Waals surface area (Å²) in [4.78, 5) is 29.1. The van der Waals surface area contributed by atoms with Crippen molar-refractivity contribution in [1.82, 2.24) is 4.90 Å². The van der Waals surface area contributed by atoms with Crippen LogP contribution in [-0.4, -0.2) is 55.2 Å². The predicted molar refractivity (Wildman–Crippen MR) is 92.5 cm³/mol. The number of anilines is 1. The molecule has 0 spiro atoms. The van der Waals surface area contributed by atoms with Crippen molar-refractivity contribution in [2.45, 2.75) is 38.3 Å². The molecular formula is C19H24N2O4. The van der Waals surface area contributed by atoms with Gasteiger partial charge in [0, 0.05) is 25.1 Å². The number of hydrogen-bond donors (Lipinski definition) is 0. The molecular weight excluding hydrogens is 320 g/mol. The highest BCUT2D eigenvalue weighted by Gasteiger charge is 2.38. The number of ether oxygens (including phenoxy) is 2. The number of nitrogens with zero attached hydrogens (tertiary/aromatic N) is 2. The highest BCUT2D eigenvalue weighted by atomic mass is 16.5. The molecule has 2 fully saturated rings. The molecule has 0 aromatic heterocycles. The fourth-order valence-corrected chi connectivity index (χ4v) is 3.59. The zero-order chi connectivity index (χ0) is 17.4. The maximum atomic E-state index is 13.0. The molecule has 1 aromatic carbocycles. The molecule has 2 atom stereocenters. The molecule has 2 aliphatic heterocycles. The van der Waals surface area contributed by atoms with Crippen LogP contribution in [-0.2, 0) is 14.3 Å². The van der Waals surface area contributed by atoms with Crippen LogP contribution in [0.5, 0.6) is 5.75 Å². The summed E-state index contributed by atoms with van der Waals surface area (Å²) in [6, 6.07) is 7.73. The lowest BCUT2D eigenvalue weighted by Gasteiger charge is -2.34. The number of carbonyl (C=O) groups excluding carboxylic acids is 2. The molecule has 0 unspecified atom stereocenters. The van der Waals surface area contributed by atoms with Gasteiger partial charge in [0.05, 0.1) is 12.3 Å². The average molecular weight is 344 g/mol. The molecule has 6 nitrogen and oxygen atoms in total. The molecule has 3 aliphatic rings. The molecule has 1 aliphatic carbocycles. The van der Waals surface area contributed by atoms with Crippen LogP contribution >= 0.6 is 0 Å². The lowest BCUT2D eigenvalue weighted by atomic mass is 10.1. The summed E-state index contributed by atoms with van der Waals surface area (Å²) >= 11 is 0. The number of hydrogen-bond acceptors (Lipinski definition) is 4. The minimum absolute atomic E-state index is 0.0200. The van der Waals surface area contributed by atoms with Gasteiger partial charge in [-0.2, -0.15) is 0 Å². The minimum atomic E-state index is -0.569. The molecule has 2 heterocycles. The van der Waals surface area contributed by atoms with Gasteiger partial charge in [-0.05, 0) is 38.3 Å². The third-order valence-electron chi connectivity index (χ3n) is 5.15. The summed E-state index contributed by atoms with van der Waals surface area (Å²) in [5, 5.41) is 0. The largest absolute Gasteiger partial charge is 0.479 e. The zero-order valence-corrected chi connectivity index (χ0v) is 14.5. The van der Waals surface area contributed by atoms with Crippen molar-refractivity contribution in [3.8, 4) is 5.75 Å².